The Labute approximate surface area is 128 Å². The summed E-state index contributed by atoms with van der Waals surface area (Å²) in [6.07, 6.45) is 0.789. The summed E-state index contributed by atoms with van der Waals surface area (Å²) in [7, 11) is 0. The third-order valence-electron chi connectivity index (χ3n) is 3.55. The van der Waals surface area contributed by atoms with Crippen molar-refractivity contribution in [3.05, 3.63) is 51.4 Å². The van der Waals surface area contributed by atoms with Crippen molar-refractivity contribution in [1.82, 2.24) is 0 Å². The van der Waals surface area contributed by atoms with E-state index >= 15 is 0 Å². The summed E-state index contributed by atoms with van der Waals surface area (Å²) < 4.78 is 4.95. The van der Waals surface area contributed by atoms with Crippen molar-refractivity contribution in [1.29, 1.82) is 0 Å². The number of hydrogen-bond donors (Lipinski definition) is 3. The first-order chi connectivity index (χ1) is 10.8. The molecule has 0 aliphatic heterocycles. The number of aliphatic hydroxyl groups excluding tert-OH is 1. The molecule has 0 amide bonds. The maximum Gasteiger partial charge on any atom is 0.339 e. The van der Waals surface area contributed by atoms with Crippen LogP contribution in [-0.4, -0.2) is 26.9 Å². The molecule has 1 aromatic carbocycles. The van der Waals surface area contributed by atoms with Crippen molar-refractivity contribution in [3.8, 4) is 22.8 Å². The third kappa shape index (κ3) is 2.18. The molecule has 0 spiro atoms. The van der Waals surface area contributed by atoms with Gasteiger partial charge in [0.05, 0.1) is 11.6 Å². The second kappa shape index (κ2) is 4.84. The van der Waals surface area contributed by atoms with Gasteiger partial charge in [-0.15, -0.1) is 0 Å². The molecule has 3 rings (SSSR count). The zero-order chi connectivity index (χ0) is 16.9. The molecule has 23 heavy (non-hydrogen) atoms. The zero-order valence-electron chi connectivity index (χ0n) is 11.8. The van der Waals surface area contributed by atoms with Crippen LogP contribution in [0.5, 0.6) is 11.5 Å². The second-order valence-corrected chi connectivity index (χ2v) is 5.04. The number of carbonyl (C=O) groups is 2. The number of benzene rings is 1. The van der Waals surface area contributed by atoms with E-state index in [-0.39, 0.29) is 33.8 Å². The van der Waals surface area contributed by atoms with E-state index in [1.165, 1.54) is 6.92 Å². The number of aliphatic hydroxyl groups is 1. The van der Waals surface area contributed by atoms with Gasteiger partial charge in [0.15, 0.2) is 0 Å². The number of ketones is 2. The van der Waals surface area contributed by atoms with Gasteiger partial charge in [-0.2, -0.15) is 0 Å². The number of phenols is 1. The van der Waals surface area contributed by atoms with Crippen LogP contribution in [0, 0.1) is 6.92 Å². The van der Waals surface area contributed by atoms with Crippen LogP contribution >= 0.6 is 0 Å². The molecule has 0 atom stereocenters. The summed E-state index contributed by atoms with van der Waals surface area (Å²) >= 11 is 0. The van der Waals surface area contributed by atoms with Gasteiger partial charge < -0.3 is 19.7 Å². The quantitative estimate of drug-likeness (QED) is 0.684. The molecule has 1 heterocycles. The molecule has 0 saturated carbocycles. The first-order valence-corrected chi connectivity index (χ1v) is 6.50. The van der Waals surface area contributed by atoms with Gasteiger partial charge in [0.1, 0.15) is 23.0 Å². The maximum atomic E-state index is 11.9. The minimum atomic E-state index is -0.898. The van der Waals surface area contributed by atoms with Gasteiger partial charge in [0.2, 0.25) is 11.6 Å². The van der Waals surface area contributed by atoms with Crippen LogP contribution in [0.2, 0.25) is 0 Å². The highest BCUT2D eigenvalue weighted by molar-refractivity contribution is 6.50. The molecule has 2 aromatic rings. The molecule has 1 aliphatic rings. The number of Topliss-reactive ketones (excluding diaryl/α,β-unsaturated/α-hetero) is 1. The number of allylic oxidation sites excluding steroid dienone is 1. The van der Waals surface area contributed by atoms with Crippen LogP contribution < -0.4 is 5.63 Å². The Bertz CT molecular complexity index is 963. The van der Waals surface area contributed by atoms with Crippen molar-refractivity contribution in [2.75, 3.05) is 0 Å². The van der Waals surface area contributed by atoms with Gasteiger partial charge in [-0.1, -0.05) is 0 Å². The molecule has 7 heteroatoms. The minimum Gasteiger partial charge on any atom is -0.508 e. The standard InChI is InChI=1S/C16H10O7/c1-6-14-8(16(22)11(20)5-10(14)19)4-9(18)15(6)12-2-7(17)3-13(21)23-12/h2-5,17-19H,1H3. The number of fused-ring (bicyclic) bond motifs is 1. The van der Waals surface area contributed by atoms with Gasteiger partial charge in [0, 0.05) is 23.3 Å². The molecule has 1 aromatic heterocycles. The van der Waals surface area contributed by atoms with Gasteiger partial charge in [0.25, 0.3) is 0 Å². The molecular formula is C16H10O7. The van der Waals surface area contributed by atoms with Gasteiger partial charge in [-0.3, -0.25) is 9.59 Å². The summed E-state index contributed by atoms with van der Waals surface area (Å²) in [5, 5.41) is 29.6. The third-order valence-corrected chi connectivity index (χ3v) is 3.55. The molecule has 116 valence electrons. The van der Waals surface area contributed by atoms with Gasteiger partial charge >= 0.3 is 5.63 Å². The monoisotopic (exact) mass is 314 g/mol. The van der Waals surface area contributed by atoms with Crippen molar-refractivity contribution >= 4 is 17.3 Å². The first-order valence-electron chi connectivity index (χ1n) is 6.50. The first kappa shape index (κ1) is 14.6. The van der Waals surface area contributed by atoms with Gasteiger partial charge in [-0.25, -0.2) is 4.79 Å². The zero-order valence-corrected chi connectivity index (χ0v) is 11.8. The molecule has 0 radical (unpaired) electrons. The molecule has 3 N–H and O–H groups in total. The minimum absolute atomic E-state index is 0.0267. The van der Waals surface area contributed by atoms with E-state index in [2.05, 4.69) is 0 Å². The average Bonchev–Trinajstić information content (AvgIpc) is 2.43. The average molecular weight is 314 g/mol. The van der Waals surface area contributed by atoms with Gasteiger partial charge in [-0.05, 0) is 18.6 Å². The van der Waals surface area contributed by atoms with Crippen molar-refractivity contribution < 1.29 is 29.3 Å². The van der Waals surface area contributed by atoms with E-state index in [1.54, 1.807) is 0 Å². The van der Waals surface area contributed by atoms with E-state index in [0.717, 1.165) is 24.3 Å². The summed E-state index contributed by atoms with van der Waals surface area (Å²) in [6.45, 7) is 1.48. The predicted molar refractivity (Wildman–Crippen MR) is 78.4 cm³/mol. The highest BCUT2D eigenvalue weighted by atomic mass is 16.4. The summed E-state index contributed by atoms with van der Waals surface area (Å²) in [6, 6.07) is 2.99. The van der Waals surface area contributed by atoms with Crippen LogP contribution in [0.25, 0.3) is 17.1 Å². The van der Waals surface area contributed by atoms with Crippen molar-refractivity contribution in [2.45, 2.75) is 6.92 Å². The fourth-order valence-corrected chi connectivity index (χ4v) is 2.60. The van der Waals surface area contributed by atoms with Crippen LogP contribution in [0.3, 0.4) is 0 Å². The summed E-state index contributed by atoms with van der Waals surface area (Å²) in [4.78, 5) is 34.8. The highest BCUT2D eigenvalue weighted by Crippen LogP contribution is 2.40. The lowest BCUT2D eigenvalue weighted by Gasteiger charge is -2.18. The fourth-order valence-electron chi connectivity index (χ4n) is 2.60. The molecule has 0 bridgehead atoms. The fraction of sp³-hybridized carbons (Fsp3) is 0.0625. The van der Waals surface area contributed by atoms with Crippen molar-refractivity contribution in [2.24, 2.45) is 0 Å². The number of phenolic OH excluding ortho intramolecular Hbond substituents is 1. The van der Waals surface area contributed by atoms with E-state index in [9.17, 15) is 29.7 Å². The Morgan fingerprint density at radius 3 is 2.30 bits per heavy atom. The maximum absolute atomic E-state index is 11.9. The largest absolute Gasteiger partial charge is 0.508 e. The van der Waals surface area contributed by atoms with Crippen LogP contribution in [0.1, 0.15) is 21.5 Å². The Balaban J connectivity index is 2.37. The summed E-state index contributed by atoms with van der Waals surface area (Å²) in [5.41, 5.74) is -0.658. The molecule has 0 fully saturated rings. The number of carbonyl (C=O) groups excluding carboxylic acids is 2. The number of rotatable bonds is 1. The lowest BCUT2D eigenvalue weighted by atomic mass is 9.87. The summed E-state index contributed by atoms with van der Waals surface area (Å²) in [5.74, 6) is -3.11. The number of aromatic hydroxyl groups is 2. The van der Waals surface area contributed by atoms with E-state index < -0.39 is 28.7 Å². The smallest absolute Gasteiger partial charge is 0.339 e. The van der Waals surface area contributed by atoms with Crippen LogP contribution in [0.15, 0.2) is 33.5 Å². The van der Waals surface area contributed by atoms with E-state index in [1.807, 2.05) is 0 Å². The van der Waals surface area contributed by atoms with E-state index in [4.69, 9.17) is 4.42 Å². The Morgan fingerprint density at radius 2 is 1.65 bits per heavy atom. The molecule has 1 aliphatic carbocycles. The highest BCUT2D eigenvalue weighted by Gasteiger charge is 2.30. The normalized spacial score (nSPS) is 13.7. The predicted octanol–water partition coefficient (Wildman–Crippen LogP) is 1.69. The molecule has 0 unspecified atom stereocenters. The van der Waals surface area contributed by atoms with E-state index in [0.29, 0.717) is 0 Å². The Kier molecular flexibility index (Phi) is 3.07. The van der Waals surface area contributed by atoms with Crippen LogP contribution in [-0.2, 0) is 4.79 Å². The lowest BCUT2D eigenvalue weighted by molar-refractivity contribution is -0.111. The number of hydrogen-bond acceptors (Lipinski definition) is 7. The SMILES string of the molecule is Cc1c2c(cc(O)c1-c1cc(O)cc(=O)o1)C(=O)C(=O)C=C2O. The van der Waals surface area contributed by atoms with Crippen LogP contribution in [0.4, 0.5) is 0 Å². The molecule has 7 nitrogen and oxygen atoms in total. The topological polar surface area (TPSA) is 125 Å². The molecule has 0 saturated heterocycles. The lowest BCUT2D eigenvalue weighted by Crippen LogP contribution is -2.19. The molecular weight excluding hydrogens is 304 g/mol. The second-order valence-electron chi connectivity index (χ2n) is 5.04. The Hall–Kier alpha value is -3.35. The Morgan fingerprint density at radius 1 is 0.957 bits per heavy atom. The van der Waals surface area contributed by atoms with Crippen molar-refractivity contribution in [3.63, 3.8) is 0 Å².